The molecule has 15 heavy (non-hydrogen) atoms. The molecule has 82 valence electrons. The number of Topliss-reactive ketones (excluding diaryl/α,β-unsaturated/α-hetero) is 1. The molecule has 0 bridgehead atoms. The molecular formula is C10H11F2NO2. The molecule has 0 unspecified atom stereocenters. The van der Waals surface area contributed by atoms with Crippen LogP contribution in [0.15, 0.2) is 12.1 Å². The van der Waals surface area contributed by atoms with E-state index < -0.39 is 12.4 Å². The number of nitrogen functional groups attached to an aromatic ring is 1. The summed E-state index contributed by atoms with van der Waals surface area (Å²) in [6.45, 7) is -0.0255. The summed E-state index contributed by atoms with van der Waals surface area (Å²) in [5.74, 6) is -0.576. The largest absolute Gasteiger partial charge is 0.434 e. The van der Waals surface area contributed by atoms with Crippen LogP contribution in [-0.2, 0) is 0 Å². The maximum absolute atomic E-state index is 12.0. The van der Waals surface area contributed by atoms with Gasteiger partial charge in [0.05, 0.1) is 5.56 Å². The molecule has 0 spiro atoms. The van der Waals surface area contributed by atoms with Crippen LogP contribution in [-0.4, -0.2) is 12.4 Å². The first kappa shape index (κ1) is 11.4. The molecule has 1 aromatic rings. The lowest BCUT2D eigenvalue weighted by Crippen LogP contribution is -2.09. The molecule has 0 atom stereocenters. The molecule has 3 nitrogen and oxygen atoms in total. The maximum atomic E-state index is 12.0. The maximum Gasteiger partial charge on any atom is 0.387 e. The second kappa shape index (κ2) is 4.25. The van der Waals surface area contributed by atoms with Crippen LogP contribution in [0.25, 0.3) is 0 Å². The Hall–Kier alpha value is -1.65. The summed E-state index contributed by atoms with van der Waals surface area (Å²) >= 11 is 0. The van der Waals surface area contributed by atoms with Gasteiger partial charge in [-0.3, -0.25) is 4.79 Å². The Kier molecular flexibility index (Phi) is 3.24. The van der Waals surface area contributed by atoms with Gasteiger partial charge in [0.25, 0.3) is 0 Å². The number of benzene rings is 1. The number of ketones is 1. The van der Waals surface area contributed by atoms with Crippen LogP contribution < -0.4 is 10.5 Å². The number of aryl methyl sites for hydroxylation is 1. The van der Waals surface area contributed by atoms with E-state index in [-0.39, 0.29) is 17.0 Å². The lowest BCUT2D eigenvalue weighted by atomic mass is 10.0. The summed E-state index contributed by atoms with van der Waals surface area (Å²) in [5.41, 5.74) is 6.46. The molecule has 1 aromatic carbocycles. The summed E-state index contributed by atoms with van der Waals surface area (Å²) in [6, 6.07) is 2.84. The topological polar surface area (TPSA) is 52.3 Å². The van der Waals surface area contributed by atoms with E-state index in [0.717, 1.165) is 0 Å². The third-order valence-corrected chi connectivity index (χ3v) is 1.99. The highest BCUT2D eigenvalue weighted by Gasteiger charge is 2.16. The first-order chi connectivity index (χ1) is 6.93. The molecule has 0 heterocycles. The van der Waals surface area contributed by atoms with Crippen LogP contribution in [0.5, 0.6) is 5.75 Å². The first-order valence-electron chi connectivity index (χ1n) is 4.28. The Morgan fingerprint density at radius 1 is 1.47 bits per heavy atom. The molecule has 0 saturated carbocycles. The van der Waals surface area contributed by atoms with Crippen molar-refractivity contribution in [2.24, 2.45) is 0 Å². The molecule has 0 aliphatic rings. The molecule has 0 aliphatic heterocycles. The second-order valence-corrected chi connectivity index (χ2v) is 3.10. The van der Waals surface area contributed by atoms with E-state index in [4.69, 9.17) is 5.73 Å². The molecule has 0 radical (unpaired) electrons. The Balaban J connectivity index is 3.27. The number of alkyl halides is 2. The van der Waals surface area contributed by atoms with Crippen LogP contribution >= 0.6 is 0 Å². The summed E-state index contributed by atoms with van der Waals surface area (Å²) < 4.78 is 28.3. The fourth-order valence-electron chi connectivity index (χ4n) is 1.26. The zero-order valence-corrected chi connectivity index (χ0v) is 8.38. The minimum atomic E-state index is -2.97. The quantitative estimate of drug-likeness (QED) is 0.622. The number of rotatable bonds is 3. The Bertz CT molecular complexity index is 391. The van der Waals surface area contributed by atoms with Crippen molar-refractivity contribution in [3.63, 3.8) is 0 Å². The van der Waals surface area contributed by atoms with Gasteiger partial charge >= 0.3 is 6.61 Å². The predicted molar refractivity (Wildman–Crippen MR) is 52.2 cm³/mol. The summed E-state index contributed by atoms with van der Waals surface area (Å²) in [7, 11) is 0. The van der Waals surface area contributed by atoms with Gasteiger partial charge in [0.2, 0.25) is 0 Å². The van der Waals surface area contributed by atoms with Gasteiger partial charge in [0.1, 0.15) is 5.75 Å². The number of nitrogens with two attached hydrogens (primary N) is 1. The van der Waals surface area contributed by atoms with Crippen molar-refractivity contribution in [2.45, 2.75) is 20.5 Å². The molecule has 5 heteroatoms. The van der Waals surface area contributed by atoms with Crippen LogP contribution in [0.3, 0.4) is 0 Å². The lowest BCUT2D eigenvalue weighted by Gasteiger charge is -2.12. The van der Waals surface area contributed by atoms with Crippen molar-refractivity contribution in [2.75, 3.05) is 5.73 Å². The molecule has 0 aliphatic carbocycles. The van der Waals surface area contributed by atoms with Crippen LogP contribution in [0, 0.1) is 6.92 Å². The molecule has 0 fully saturated rings. The molecule has 2 N–H and O–H groups in total. The van der Waals surface area contributed by atoms with Crippen molar-refractivity contribution in [3.8, 4) is 5.75 Å². The number of carbonyl (C=O) groups excluding carboxylic acids is 1. The normalized spacial score (nSPS) is 10.5. The summed E-state index contributed by atoms with van der Waals surface area (Å²) in [5, 5.41) is 0. The Morgan fingerprint density at radius 2 is 2.07 bits per heavy atom. The number of anilines is 1. The van der Waals surface area contributed by atoms with Gasteiger partial charge < -0.3 is 10.5 Å². The van der Waals surface area contributed by atoms with Crippen molar-refractivity contribution >= 4 is 11.5 Å². The molecular weight excluding hydrogens is 204 g/mol. The van der Waals surface area contributed by atoms with Crippen LogP contribution in [0.4, 0.5) is 14.5 Å². The predicted octanol–water partition coefficient (Wildman–Crippen LogP) is 2.38. The smallest absolute Gasteiger partial charge is 0.387 e. The van der Waals surface area contributed by atoms with Gasteiger partial charge in [-0.25, -0.2) is 0 Å². The van der Waals surface area contributed by atoms with Gasteiger partial charge in [-0.2, -0.15) is 8.78 Å². The van der Waals surface area contributed by atoms with Gasteiger partial charge in [0.15, 0.2) is 5.78 Å². The van der Waals surface area contributed by atoms with E-state index in [9.17, 15) is 13.6 Å². The molecule has 0 saturated heterocycles. The average Bonchev–Trinajstić information content (AvgIpc) is 2.10. The third kappa shape index (κ3) is 2.43. The zero-order valence-electron chi connectivity index (χ0n) is 8.38. The number of hydrogen-bond donors (Lipinski definition) is 1. The van der Waals surface area contributed by atoms with E-state index in [2.05, 4.69) is 4.74 Å². The van der Waals surface area contributed by atoms with Crippen molar-refractivity contribution in [1.82, 2.24) is 0 Å². The summed E-state index contributed by atoms with van der Waals surface area (Å²) in [6.07, 6.45) is 0. The highest BCUT2D eigenvalue weighted by Crippen LogP contribution is 2.29. The standard InChI is InChI=1S/C10H11F2NO2/c1-5-3-4-7(15-10(11)12)8(6(2)14)9(5)13/h3-4,10H,13H2,1-2H3. The Labute approximate surface area is 85.8 Å². The molecule has 1 rings (SSSR count). The van der Waals surface area contributed by atoms with E-state index in [0.29, 0.717) is 5.56 Å². The number of hydrogen-bond acceptors (Lipinski definition) is 3. The molecule has 0 amide bonds. The van der Waals surface area contributed by atoms with Crippen LogP contribution in [0.2, 0.25) is 0 Å². The lowest BCUT2D eigenvalue weighted by molar-refractivity contribution is -0.0500. The monoisotopic (exact) mass is 215 g/mol. The Morgan fingerprint density at radius 3 is 2.53 bits per heavy atom. The number of halogens is 2. The second-order valence-electron chi connectivity index (χ2n) is 3.10. The summed E-state index contributed by atoms with van der Waals surface area (Å²) in [4.78, 5) is 11.2. The highest BCUT2D eigenvalue weighted by atomic mass is 19.3. The van der Waals surface area contributed by atoms with E-state index >= 15 is 0 Å². The van der Waals surface area contributed by atoms with Gasteiger partial charge in [-0.1, -0.05) is 6.07 Å². The minimum Gasteiger partial charge on any atom is -0.434 e. The van der Waals surface area contributed by atoms with E-state index in [1.165, 1.54) is 19.1 Å². The number of carbonyl (C=O) groups is 1. The van der Waals surface area contributed by atoms with Gasteiger partial charge in [-0.15, -0.1) is 0 Å². The van der Waals surface area contributed by atoms with Crippen molar-refractivity contribution in [3.05, 3.63) is 23.3 Å². The average molecular weight is 215 g/mol. The third-order valence-electron chi connectivity index (χ3n) is 1.99. The van der Waals surface area contributed by atoms with Gasteiger partial charge in [0, 0.05) is 5.69 Å². The van der Waals surface area contributed by atoms with E-state index in [1.54, 1.807) is 6.92 Å². The SMILES string of the molecule is CC(=O)c1c(OC(F)F)ccc(C)c1N. The van der Waals surface area contributed by atoms with Gasteiger partial charge in [-0.05, 0) is 25.5 Å². The van der Waals surface area contributed by atoms with Crippen molar-refractivity contribution < 1.29 is 18.3 Å². The molecule has 0 aromatic heterocycles. The fourth-order valence-corrected chi connectivity index (χ4v) is 1.26. The highest BCUT2D eigenvalue weighted by molar-refractivity contribution is 6.02. The fraction of sp³-hybridized carbons (Fsp3) is 0.300. The van der Waals surface area contributed by atoms with Crippen LogP contribution in [0.1, 0.15) is 22.8 Å². The minimum absolute atomic E-state index is 0.00954. The first-order valence-corrected chi connectivity index (χ1v) is 4.28. The van der Waals surface area contributed by atoms with E-state index in [1.807, 2.05) is 0 Å². The number of ether oxygens (including phenoxy) is 1. The zero-order chi connectivity index (χ0) is 11.6. The van der Waals surface area contributed by atoms with Crippen molar-refractivity contribution in [1.29, 1.82) is 0 Å².